The Labute approximate surface area is 190 Å². The Hall–Kier alpha value is -3.20. The zero-order chi connectivity index (χ0) is 25.0. The standard InChI is InChI=1S/C20H18N2O10S2/c23-17-11-3-4-12(18(24)21(17)7-1-9-33(27,28)29)16-14-6-5-13(15(11)16)19(25)22(20(14)26)8-2-10-34(30,31)32/h3-6H,1-2,7-10H2,(H,27,28,29)(H,30,31,32). The van der Waals surface area contributed by atoms with E-state index in [0.29, 0.717) is 0 Å². The monoisotopic (exact) mass is 510 g/mol. The fraction of sp³-hybridized carbons (Fsp3) is 0.300. The van der Waals surface area contributed by atoms with Crippen LogP contribution in [0.4, 0.5) is 0 Å². The predicted molar refractivity (Wildman–Crippen MR) is 124 cm³/mol. The van der Waals surface area contributed by atoms with Crippen LogP contribution in [-0.4, -0.2) is 46.6 Å². The van der Waals surface area contributed by atoms with E-state index < -0.39 is 54.0 Å². The molecule has 6 aromatic rings. The van der Waals surface area contributed by atoms with Gasteiger partial charge in [0.25, 0.3) is 42.5 Å². The fourth-order valence-corrected chi connectivity index (χ4v) is 5.18. The second kappa shape index (κ2) is 8.23. The Morgan fingerprint density at radius 1 is 0.559 bits per heavy atom. The molecule has 0 aliphatic rings. The third kappa shape index (κ3) is 4.20. The van der Waals surface area contributed by atoms with Gasteiger partial charge in [0.15, 0.2) is 0 Å². The summed E-state index contributed by atoms with van der Waals surface area (Å²) in [5, 5.41) is 0.0643. The summed E-state index contributed by atoms with van der Waals surface area (Å²) in [6, 6.07) is 5.39. The van der Waals surface area contributed by atoms with Gasteiger partial charge in [-0.1, -0.05) is 0 Å². The molecule has 12 nitrogen and oxygen atoms in total. The van der Waals surface area contributed by atoms with Gasteiger partial charge in [-0.25, -0.2) is 0 Å². The molecule has 0 aliphatic heterocycles. The van der Waals surface area contributed by atoms with Crippen LogP contribution in [0, 0.1) is 0 Å². The molecule has 6 rings (SSSR count). The number of aromatic nitrogens is 2. The smallest absolute Gasteiger partial charge is 0.264 e. The summed E-state index contributed by atoms with van der Waals surface area (Å²) in [5.41, 5.74) is -3.15. The Morgan fingerprint density at radius 2 is 0.824 bits per heavy atom. The molecule has 0 fully saturated rings. The summed E-state index contributed by atoms with van der Waals surface area (Å²) in [6.07, 6.45) is -0.432. The summed E-state index contributed by atoms with van der Waals surface area (Å²) >= 11 is 0. The van der Waals surface area contributed by atoms with Gasteiger partial charge in [-0.15, -0.1) is 0 Å². The van der Waals surface area contributed by atoms with Gasteiger partial charge in [0, 0.05) is 45.4 Å². The molecule has 0 aliphatic carbocycles. The maximum absolute atomic E-state index is 13.2. The van der Waals surface area contributed by atoms with Crippen molar-refractivity contribution in [2.24, 2.45) is 0 Å². The van der Waals surface area contributed by atoms with Gasteiger partial charge in [-0.2, -0.15) is 16.8 Å². The van der Waals surface area contributed by atoms with Crippen LogP contribution in [0.5, 0.6) is 0 Å². The molecule has 14 heteroatoms. The minimum Gasteiger partial charge on any atom is -0.286 e. The number of nitrogens with zero attached hydrogens (tertiary/aromatic N) is 2. The summed E-state index contributed by atoms with van der Waals surface area (Å²) in [5.74, 6) is -1.33. The number of benzene rings is 2. The topological polar surface area (TPSA) is 187 Å². The van der Waals surface area contributed by atoms with Gasteiger partial charge in [0.1, 0.15) is 0 Å². The van der Waals surface area contributed by atoms with Crippen LogP contribution in [0.1, 0.15) is 12.8 Å². The molecule has 4 heterocycles. The molecular weight excluding hydrogens is 492 g/mol. The maximum Gasteiger partial charge on any atom is 0.264 e. The summed E-state index contributed by atoms with van der Waals surface area (Å²) in [4.78, 5) is 52.7. The van der Waals surface area contributed by atoms with Crippen LogP contribution < -0.4 is 22.2 Å². The van der Waals surface area contributed by atoms with Crippen LogP contribution in [0.25, 0.3) is 32.3 Å². The number of hydrogen-bond donors (Lipinski definition) is 2. The molecule has 4 bridgehead atoms. The van der Waals surface area contributed by atoms with Crippen molar-refractivity contribution in [1.29, 1.82) is 0 Å². The first-order valence-electron chi connectivity index (χ1n) is 10.0. The minimum absolute atomic E-state index is 0.0331. The van der Waals surface area contributed by atoms with Crippen molar-refractivity contribution in [3.05, 3.63) is 65.7 Å². The Kier molecular flexibility index (Phi) is 5.80. The average Bonchev–Trinajstić information content (AvgIpc) is 3.00. The highest BCUT2D eigenvalue weighted by Crippen LogP contribution is 2.28. The number of fused-ring (bicyclic) bond motifs is 6. The first-order valence-corrected chi connectivity index (χ1v) is 13.2. The number of hydrogen-bond acceptors (Lipinski definition) is 8. The van der Waals surface area contributed by atoms with Crippen molar-refractivity contribution in [3.8, 4) is 0 Å². The van der Waals surface area contributed by atoms with Crippen molar-refractivity contribution >= 4 is 52.6 Å². The zero-order valence-electron chi connectivity index (χ0n) is 17.4. The van der Waals surface area contributed by atoms with E-state index in [1.165, 1.54) is 24.3 Å². The highest BCUT2D eigenvalue weighted by Gasteiger charge is 2.21. The quantitative estimate of drug-likeness (QED) is 0.296. The van der Waals surface area contributed by atoms with Crippen LogP contribution >= 0.6 is 0 Å². The SMILES string of the molecule is O=c1c2ccc(c(=O)n1CCCS(=O)(=O)O)c1c3ccc(c(=O)n(CCCS(=O)(=O)O)c3=O)c21. The lowest BCUT2D eigenvalue weighted by molar-refractivity contribution is 0.475. The largest absolute Gasteiger partial charge is 0.286 e. The second-order valence-corrected chi connectivity index (χ2v) is 11.0. The normalized spacial score (nSPS) is 12.9. The minimum atomic E-state index is -4.31. The summed E-state index contributed by atoms with van der Waals surface area (Å²) in [7, 11) is -8.61. The van der Waals surface area contributed by atoms with Gasteiger partial charge >= 0.3 is 0 Å². The molecule has 0 radical (unpaired) electrons. The van der Waals surface area contributed by atoms with E-state index in [4.69, 9.17) is 9.11 Å². The van der Waals surface area contributed by atoms with Crippen molar-refractivity contribution in [3.63, 3.8) is 0 Å². The molecule has 0 saturated heterocycles. The first kappa shape index (κ1) is 23.9. The summed E-state index contributed by atoms with van der Waals surface area (Å²) in [6.45, 7) is -0.622. The van der Waals surface area contributed by atoms with E-state index in [2.05, 4.69) is 0 Å². The van der Waals surface area contributed by atoms with E-state index in [9.17, 15) is 36.0 Å². The van der Waals surface area contributed by atoms with Crippen LogP contribution in [0.2, 0.25) is 0 Å². The highest BCUT2D eigenvalue weighted by molar-refractivity contribution is 7.86. The van der Waals surface area contributed by atoms with E-state index in [1.54, 1.807) is 0 Å². The lowest BCUT2D eigenvalue weighted by atomic mass is 10.00. The molecular formula is C20H18N2O10S2. The van der Waals surface area contributed by atoms with Crippen molar-refractivity contribution in [2.45, 2.75) is 25.9 Å². The molecule has 2 N–H and O–H groups in total. The Morgan fingerprint density at radius 3 is 1.06 bits per heavy atom. The molecule has 180 valence electrons. The molecule has 34 heavy (non-hydrogen) atoms. The third-order valence-electron chi connectivity index (χ3n) is 5.63. The van der Waals surface area contributed by atoms with E-state index in [0.717, 1.165) is 9.13 Å². The molecule has 0 unspecified atom stereocenters. The van der Waals surface area contributed by atoms with Crippen LogP contribution in [-0.2, 0) is 33.3 Å². The van der Waals surface area contributed by atoms with Gasteiger partial charge in [-0.05, 0) is 37.1 Å². The molecule has 0 spiro atoms. The van der Waals surface area contributed by atoms with Crippen molar-refractivity contribution in [1.82, 2.24) is 9.13 Å². The van der Waals surface area contributed by atoms with E-state index in [-0.39, 0.29) is 58.2 Å². The molecule has 0 atom stereocenters. The summed E-state index contributed by atoms with van der Waals surface area (Å²) < 4.78 is 63.5. The van der Waals surface area contributed by atoms with Crippen molar-refractivity contribution in [2.75, 3.05) is 11.5 Å². The van der Waals surface area contributed by atoms with Crippen molar-refractivity contribution < 1.29 is 25.9 Å². The fourth-order valence-electron chi connectivity index (χ4n) is 4.19. The molecule has 0 amide bonds. The van der Waals surface area contributed by atoms with Crippen LogP contribution in [0.15, 0.2) is 43.4 Å². The van der Waals surface area contributed by atoms with Gasteiger partial charge in [0.2, 0.25) is 0 Å². The Bertz CT molecular complexity index is 1660. The lowest BCUT2D eigenvalue weighted by Crippen LogP contribution is -2.31. The Balaban J connectivity index is 2.02. The molecule has 2 aromatic carbocycles. The molecule has 0 saturated carbocycles. The highest BCUT2D eigenvalue weighted by atomic mass is 32.2. The second-order valence-electron chi connectivity index (χ2n) is 7.87. The zero-order valence-corrected chi connectivity index (χ0v) is 19.1. The van der Waals surface area contributed by atoms with Gasteiger partial charge in [0.05, 0.1) is 11.5 Å². The van der Waals surface area contributed by atoms with Gasteiger partial charge < -0.3 is 0 Å². The van der Waals surface area contributed by atoms with E-state index in [1.807, 2.05) is 0 Å². The first-order chi connectivity index (χ1) is 15.8. The molecule has 4 aromatic heterocycles. The average molecular weight is 511 g/mol. The van der Waals surface area contributed by atoms with E-state index >= 15 is 0 Å². The third-order valence-corrected chi connectivity index (χ3v) is 7.24. The van der Waals surface area contributed by atoms with Gasteiger partial charge in [-0.3, -0.25) is 37.4 Å². The number of rotatable bonds is 8. The van der Waals surface area contributed by atoms with Crippen LogP contribution in [0.3, 0.4) is 0 Å². The lowest BCUT2D eigenvalue weighted by Gasteiger charge is -2.01. The maximum atomic E-state index is 13.2. The predicted octanol–water partition coefficient (Wildman–Crippen LogP) is -0.379.